The SMILES string of the molecule is O=C(COc1ccccc1)N1CC2(C1)CS(=O)(=O)[C@@H](Cn1cccn1)CO2. The molecule has 2 saturated heterocycles. The highest BCUT2D eigenvalue weighted by Gasteiger charge is 2.53. The molecule has 1 amide bonds. The zero-order chi connectivity index (χ0) is 18.9. The highest BCUT2D eigenvalue weighted by Crippen LogP contribution is 2.33. The zero-order valence-corrected chi connectivity index (χ0v) is 15.5. The first-order chi connectivity index (χ1) is 13.0. The maximum atomic E-state index is 12.7. The molecule has 2 aromatic rings. The molecular weight excluding hydrogens is 370 g/mol. The van der Waals surface area contributed by atoms with Gasteiger partial charge in [-0.15, -0.1) is 0 Å². The minimum Gasteiger partial charge on any atom is -0.484 e. The molecule has 0 N–H and O–H groups in total. The van der Waals surface area contributed by atoms with Gasteiger partial charge in [0.2, 0.25) is 0 Å². The number of amides is 1. The van der Waals surface area contributed by atoms with Crippen LogP contribution in [-0.2, 0) is 25.9 Å². The molecule has 1 spiro atoms. The summed E-state index contributed by atoms with van der Waals surface area (Å²) in [5, 5.41) is 3.44. The maximum absolute atomic E-state index is 12.7. The summed E-state index contributed by atoms with van der Waals surface area (Å²) in [6.45, 7) is 0.869. The molecule has 2 fully saturated rings. The van der Waals surface area contributed by atoms with E-state index >= 15 is 0 Å². The Labute approximate surface area is 157 Å². The average Bonchev–Trinajstić information content (AvgIpc) is 3.13. The molecule has 2 aliphatic heterocycles. The van der Waals surface area contributed by atoms with Gasteiger partial charge in [-0.1, -0.05) is 18.2 Å². The van der Waals surface area contributed by atoms with Crippen LogP contribution in [0.25, 0.3) is 0 Å². The summed E-state index contributed by atoms with van der Waals surface area (Å²) in [6, 6.07) is 10.8. The molecule has 8 nitrogen and oxygen atoms in total. The number of carbonyl (C=O) groups excluding carboxylic acids is 1. The van der Waals surface area contributed by atoms with Gasteiger partial charge in [-0.3, -0.25) is 9.48 Å². The number of carbonyl (C=O) groups is 1. The number of likely N-dealkylation sites (tertiary alicyclic amines) is 1. The first kappa shape index (κ1) is 18.0. The predicted molar refractivity (Wildman–Crippen MR) is 97.0 cm³/mol. The van der Waals surface area contributed by atoms with E-state index in [1.165, 1.54) is 0 Å². The minimum absolute atomic E-state index is 0.0741. The Balaban J connectivity index is 1.30. The van der Waals surface area contributed by atoms with Crippen molar-refractivity contribution in [2.45, 2.75) is 17.4 Å². The molecule has 0 radical (unpaired) electrons. The first-order valence-corrected chi connectivity index (χ1v) is 10.5. The fraction of sp³-hybridized carbons (Fsp3) is 0.444. The van der Waals surface area contributed by atoms with Crippen LogP contribution in [0.4, 0.5) is 0 Å². The molecule has 1 aromatic heterocycles. The number of para-hydroxylation sites is 1. The molecule has 9 heteroatoms. The third-order valence-electron chi connectivity index (χ3n) is 4.91. The Hall–Kier alpha value is -2.39. The lowest BCUT2D eigenvalue weighted by molar-refractivity contribution is -0.167. The van der Waals surface area contributed by atoms with Crippen molar-refractivity contribution >= 4 is 15.7 Å². The van der Waals surface area contributed by atoms with Crippen LogP contribution in [0.15, 0.2) is 48.8 Å². The third kappa shape index (κ3) is 3.84. The van der Waals surface area contributed by atoms with Crippen LogP contribution in [0.5, 0.6) is 5.75 Å². The lowest BCUT2D eigenvalue weighted by Gasteiger charge is -2.52. The number of sulfone groups is 1. The Morgan fingerprint density at radius 2 is 2.04 bits per heavy atom. The number of rotatable bonds is 5. The standard InChI is InChI=1S/C18H21N3O5S/c22-17(11-25-15-5-2-1-3-6-15)20-12-18(13-20)14-27(23,24)16(10-26-18)9-21-8-4-7-19-21/h1-8,16H,9-14H2/t16-/m0/s1. The summed E-state index contributed by atoms with van der Waals surface area (Å²) < 4.78 is 38.3. The minimum atomic E-state index is -3.33. The molecule has 1 atom stereocenters. The second-order valence-electron chi connectivity index (χ2n) is 7.00. The van der Waals surface area contributed by atoms with Crippen molar-refractivity contribution in [2.75, 3.05) is 32.1 Å². The van der Waals surface area contributed by atoms with Crippen molar-refractivity contribution in [1.82, 2.24) is 14.7 Å². The smallest absolute Gasteiger partial charge is 0.260 e. The van der Waals surface area contributed by atoms with Crippen LogP contribution in [0.1, 0.15) is 0 Å². The van der Waals surface area contributed by atoms with Crippen LogP contribution in [0.2, 0.25) is 0 Å². The van der Waals surface area contributed by atoms with Gasteiger partial charge in [0.05, 0.1) is 32.0 Å². The number of benzene rings is 1. The number of hydrogen-bond donors (Lipinski definition) is 0. The van der Waals surface area contributed by atoms with E-state index in [2.05, 4.69) is 5.10 Å². The molecule has 0 bridgehead atoms. The number of aromatic nitrogens is 2. The Morgan fingerprint density at radius 1 is 1.26 bits per heavy atom. The predicted octanol–water partition coefficient (Wildman–Crippen LogP) is 0.357. The van der Waals surface area contributed by atoms with Gasteiger partial charge >= 0.3 is 0 Å². The summed E-state index contributed by atoms with van der Waals surface area (Å²) in [6.07, 6.45) is 3.35. The highest BCUT2D eigenvalue weighted by molar-refractivity contribution is 7.92. The van der Waals surface area contributed by atoms with Crippen LogP contribution < -0.4 is 4.74 Å². The van der Waals surface area contributed by atoms with Crippen molar-refractivity contribution in [3.63, 3.8) is 0 Å². The van der Waals surface area contributed by atoms with E-state index < -0.39 is 20.7 Å². The van der Waals surface area contributed by atoms with Crippen molar-refractivity contribution in [3.8, 4) is 5.75 Å². The summed E-state index contributed by atoms with van der Waals surface area (Å²) >= 11 is 0. The van der Waals surface area contributed by atoms with Crippen LogP contribution in [0.3, 0.4) is 0 Å². The number of nitrogens with zero attached hydrogens (tertiary/aromatic N) is 3. The monoisotopic (exact) mass is 391 g/mol. The molecule has 144 valence electrons. The van der Waals surface area contributed by atoms with E-state index in [1.54, 1.807) is 40.2 Å². The molecular formula is C18H21N3O5S. The summed E-state index contributed by atoms with van der Waals surface area (Å²) in [7, 11) is -3.33. The first-order valence-electron chi connectivity index (χ1n) is 8.74. The van der Waals surface area contributed by atoms with E-state index in [0.717, 1.165) is 0 Å². The Kier molecular flexibility index (Phi) is 4.65. The molecule has 1 aromatic carbocycles. The summed E-state index contributed by atoms with van der Waals surface area (Å²) in [5.74, 6) is 0.373. The average molecular weight is 391 g/mol. The molecule has 0 unspecified atom stereocenters. The molecule has 3 heterocycles. The van der Waals surface area contributed by atoms with Gasteiger partial charge in [-0.25, -0.2) is 8.42 Å². The number of hydrogen-bond acceptors (Lipinski definition) is 6. The summed E-state index contributed by atoms with van der Waals surface area (Å²) in [5.41, 5.74) is -0.790. The molecule has 0 aliphatic carbocycles. The van der Waals surface area contributed by atoms with Crippen molar-refractivity contribution in [1.29, 1.82) is 0 Å². The van der Waals surface area contributed by atoms with E-state index in [1.807, 2.05) is 18.2 Å². The largest absolute Gasteiger partial charge is 0.484 e. The van der Waals surface area contributed by atoms with E-state index in [4.69, 9.17) is 9.47 Å². The second kappa shape index (κ2) is 6.97. The maximum Gasteiger partial charge on any atom is 0.260 e. The van der Waals surface area contributed by atoms with Gasteiger partial charge < -0.3 is 14.4 Å². The van der Waals surface area contributed by atoms with Gasteiger partial charge in [-0.05, 0) is 18.2 Å². The zero-order valence-electron chi connectivity index (χ0n) is 14.7. The Bertz CT molecular complexity index is 892. The third-order valence-corrected chi connectivity index (χ3v) is 7.14. The fourth-order valence-electron chi connectivity index (χ4n) is 3.44. The highest BCUT2D eigenvalue weighted by atomic mass is 32.2. The molecule has 2 aliphatic rings. The van der Waals surface area contributed by atoms with E-state index in [9.17, 15) is 13.2 Å². The molecule has 0 saturated carbocycles. The van der Waals surface area contributed by atoms with Gasteiger partial charge in [0.25, 0.3) is 5.91 Å². The molecule has 27 heavy (non-hydrogen) atoms. The lowest BCUT2D eigenvalue weighted by Crippen LogP contribution is -2.71. The van der Waals surface area contributed by atoms with Crippen molar-refractivity contribution in [3.05, 3.63) is 48.8 Å². The lowest BCUT2D eigenvalue weighted by atomic mass is 9.95. The van der Waals surface area contributed by atoms with Gasteiger partial charge in [0, 0.05) is 12.4 Å². The fourth-order valence-corrected chi connectivity index (χ4v) is 5.33. The van der Waals surface area contributed by atoms with Crippen molar-refractivity contribution < 1.29 is 22.7 Å². The normalized spacial score (nSPS) is 23.0. The van der Waals surface area contributed by atoms with Crippen LogP contribution in [0, 0.1) is 0 Å². The van der Waals surface area contributed by atoms with Crippen molar-refractivity contribution in [2.24, 2.45) is 0 Å². The van der Waals surface area contributed by atoms with E-state index in [0.29, 0.717) is 5.75 Å². The van der Waals surface area contributed by atoms with E-state index in [-0.39, 0.29) is 44.5 Å². The molecule has 4 rings (SSSR count). The van der Waals surface area contributed by atoms with Crippen LogP contribution in [-0.4, -0.2) is 71.9 Å². The summed E-state index contributed by atoms with van der Waals surface area (Å²) in [4.78, 5) is 13.8. The number of ether oxygens (including phenoxy) is 2. The van der Waals surface area contributed by atoms with Gasteiger partial charge in [0.15, 0.2) is 16.4 Å². The van der Waals surface area contributed by atoms with Gasteiger partial charge in [0.1, 0.15) is 16.6 Å². The van der Waals surface area contributed by atoms with Gasteiger partial charge in [-0.2, -0.15) is 5.10 Å². The van der Waals surface area contributed by atoms with Crippen LogP contribution >= 0.6 is 0 Å². The topological polar surface area (TPSA) is 90.7 Å². The second-order valence-corrected chi connectivity index (χ2v) is 9.28. The quantitative estimate of drug-likeness (QED) is 0.731. The Morgan fingerprint density at radius 3 is 2.70 bits per heavy atom.